The fourth-order valence-electron chi connectivity index (χ4n) is 2.26. The van der Waals surface area contributed by atoms with Gasteiger partial charge < -0.3 is 14.2 Å². The first-order valence-electron chi connectivity index (χ1n) is 6.35. The van der Waals surface area contributed by atoms with Gasteiger partial charge in [-0.25, -0.2) is 0 Å². The Balaban J connectivity index is 1.70. The Bertz CT molecular complexity index is 217. The molecular formula is C13H22O3. The van der Waals surface area contributed by atoms with E-state index in [1.807, 2.05) is 6.08 Å². The van der Waals surface area contributed by atoms with Crippen molar-refractivity contribution < 1.29 is 14.2 Å². The number of ether oxygens (including phenoxy) is 3. The lowest BCUT2D eigenvalue weighted by atomic mass is 10.0. The summed E-state index contributed by atoms with van der Waals surface area (Å²) in [5.41, 5.74) is 0. The largest absolute Gasteiger partial charge is 0.373 e. The molecule has 0 spiro atoms. The Labute approximate surface area is 97.8 Å². The van der Waals surface area contributed by atoms with Crippen LogP contribution in [-0.2, 0) is 14.2 Å². The predicted molar refractivity (Wildman–Crippen MR) is 62.3 cm³/mol. The topological polar surface area (TPSA) is 31.0 Å². The fourth-order valence-corrected chi connectivity index (χ4v) is 2.26. The van der Waals surface area contributed by atoms with Gasteiger partial charge in [0, 0.05) is 12.8 Å². The molecule has 16 heavy (non-hydrogen) atoms. The van der Waals surface area contributed by atoms with E-state index in [0.717, 1.165) is 58.3 Å². The van der Waals surface area contributed by atoms with Gasteiger partial charge in [0.05, 0.1) is 25.9 Å². The Kier molecular flexibility index (Phi) is 4.38. The Morgan fingerprint density at radius 1 is 1.19 bits per heavy atom. The van der Waals surface area contributed by atoms with E-state index in [-0.39, 0.29) is 5.79 Å². The van der Waals surface area contributed by atoms with Crippen LogP contribution in [0.5, 0.6) is 0 Å². The zero-order chi connectivity index (χ0) is 11.3. The summed E-state index contributed by atoms with van der Waals surface area (Å²) in [5.74, 6) is -0.294. The maximum Gasteiger partial charge on any atom is 0.168 e. The molecule has 3 nitrogen and oxygen atoms in total. The molecule has 0 amide bonds. The third kappa shape index (κ3) is 3.58. The summed E-state index contributed by atoms with van der Waals surface area (Å²) < 4.78 is 16.8. The molecule has 2 heterocycles. The van der Waals surface area contributed by atoms with Crippen LogP contribution < -0.4 is 0 Å². The molecule has 2 rings (SSSR count). The first kappa shape index (κ1) is 12.1. The average molecular weight is 226 g/mol. The third-order valence-corrected chi connectivity index (χ3v) is 3.27. The van der Waals surface area contributed by atoms with Crippen LogP contribution in [0.25, 0.3) is 0 Å². The van der Waals surface area contributed by atoms with Gasteiger partial charge in [-0.1, -0.05) is 6.08 Å². The predicted octanol–water partition coefficient (Wildman–Crippen LogP) is 2.65. The van der Waals surface area contributed by atoms with E-state index in [4.69, 9.17) is 14.2 Å². The van der Waals surface area contributed by atoms with Crippen molar-refractivity contribution in [2.75, 3.05) is 19.8 Å². The Morgan fingerprint density at radius 2 is 1.88 bits per heavy atom. The first-order chi connectivity index (χ1) is 7.85. The second kappa shape index (κ2) is 5.80. The summed E-state index contributed by atoms with van der Waals surface area (Å²) in [5, 5.41) is 0. The van der Waals surface area contributed by atoms with Crippen molar-refractivity contribution in [3.63, 3.8) is 0 Å². The van der Waals surface area contributed by atoms with Crippen LogP contribution in [-0.4, -0.2) is 31.7 Å². The van der Waals surface area contributed by atoms with Gasteiger partial charge in [-0.05, 0) is 25.7 Å². The van der Waals surface area contributed by atoms with Crippen LogP contribution in [0, 0.1) is 0 Å². The van der Waals surface area contributed by atoms with Gasteiger partial charge in [0.1, 0.15) is 0 Å². The fraction of sp³-hybridized carbons (Fsp3) is 0.846. The summed E-state index contributed by atoms with van der Waals surface area (Å²) in [6.07, 6.45) is 8.90. The summed E-state index contributed by atoms with van der Waals surface area (Å²) in [4.78, 5) is 0. The molecule has 0 N–H and O–H groups in total. The molecular weight excluding hydrogens is 204 g/mol. The highest BCUT2D eigenvalue weighted by atomic mass is 16.7. The minimum Gasteiger partial charge on any atom is -0.373 e. The van der Waals surface area contributed by atoms with E-state index in [1.165, 1.54) is 0 Å². The summed E-state index contributed by atoms with van der Waals surface area (Å²) in [6.45, 7) is 6.18. The van der Waals surface area contributed by atoms with Crippen LogP contribution in [0.1, 0.15) is 38.5 Å². The van der Waals surface area contributed by atoms with Gasteiger partial charge in [0.25, 0.3) is 0 Å². The quantitative estimate of drug-likeness (QED) is 0.362. The SMILES string of the molecule is C=CCCCC1(CCCC2CO2)OCCO1. The third-order valence-electron chi connectivity index (χ3n) is 3.27. The van der Waals surface area contributed by atoms with Crippen LogP contribution >= 0.6 is 0 Å². The van der Waals surface area contributed by atoms with Crippen LogP contribution in [0.3, 0.4) is 0 Å². The minimum atomic E-state index is -0.294. The van der Waals surface area contributed by atoms with E-state index in [0.29, 0.717) is 6.10 Å². The molecule has 2 aliphatic heterocycles. The molecule has 0 aromatic rings. The molecule has 0 aromatic heterocycles. The highest BCUT2D eigenvalue weighted by molar-refractivity contribution is 4.78. The molecule has 0 bridgehead atoms. The second-order valence-electron chi connectivity index (χ2n) is 4.64. The number of allylic oxidation sites excluding steroid dienone is 1. The molecule has 2 saturated heterocycles. The van der Waals surface area contributed by atoms with Crippen LogP contribution in [0.2, 0.25) is 0 Å². The van der Waals surface area contributed by atoms with Crippen molar-refractivity contribution >= 4 is 0 Å². The molecule has 1 unspecified atom stereocenters. The number of unbranched alkanes of at least 4 members (excludes halogenated alkanes) is 1. The van der Waals surface area contributed by atoms with Gasteiger partial charge in [0.2, 0.25) is 0 Å². The highest BCUT2D eigenvalue weighted by Crippen LogP contribution is 2.32. The van der Waals surface area contributed by atoms with Gasteiger partial charge in [-0.3, -0.25) is 0 Å². The normalized spacial score (nSPS) is 26.9. The lowest BCUT2D eigenvalue weighted by molar-refractivity contribution is -0.168. The van der Waals surface area contributed by atoms with Crippen molar-refractivity contribution in [2.45, 2.75) is 50.4 Å². The molecule has 3 heteroatoms. The number of hydrogen-bond acceptors (Lipinski definition) is 3. The lowest BCUT2D eigenvalue weighted by Crippen LogP contribution is -2.30. The molecule has 92 valence electrons. The first-order valence-corrected chi connectivity index (χ1v) is 6.35. The standard InChI is InChI=1S/C13H22O3/c1-2-3-4-7-13(15-9-10-16-13)8-5-6-12-11-14-12/h2,12H,1,3-11H2. The van der Waals surface area contributed by atoms with Crippen molar-refractivity contribution in [3.05, 3.63) is 12.7 Å². The number of rotatable bonds is 8. The lowest BCUT2D eigenvalue weighted by Gasteiger charge is -2.27. The molecule has 1 atom stereocenters. The smallest absolute Gasteiger partial charge is 0.168 e. The molecule has 0 saturated carbocycles. The van der Waals surface area contributed by atoms with E-state index >= 15 is 0 Å². The second-order valence-corrected chi connectivity index (χ2v) is 4.64. The van der Waals surface area contributed by atoms with E-state index < -0.39 is 0 Å². The summed E-state index contributed by atoms with van der Waals surface area (Å²) in [7, 11) is 0. The zero-order valence-electron chi connectivity index (χ0n) is 9.95. The Hall–Kier alpha value is -0.380. The van der Waals surface area contributed by atoms with Crippen molar-refractivity contribution in [3.8, 4) is 0 Å². The molecule has 0 aromatic carbocycles. The van der Waals surface area contributed by atoms with Gasteiger partial charge >= 0.3 is 0 Å². The van der Waals surface area contributed by atoms with E-state index in [1.54, 1.807) is 0 Å². The maximum absolute atomic E-state index is 5.79. The summed E-state index contributed by atoms with van der Waals surface area (Å²) in [6, 6.07) is 0. The van der Waals surface area contributed by atoms with Crippen molar-refractivity contribution in [1.29, 1.82) is 0 Å². The van der Waals surface area contributed by atoms with Crippen molar-refractivity contribution in [2.24, 2.45) is 0 Å². The maximum atomic E-state index is 5.79. The minimum absolute atomic E-state index is 0.294. The molecule has 0 aliphatic carbocycles. The monoisotopic (exact) mass is 226 g/mol. The van der Waals surface area contributed by atoms with Crippen molar-refractivity contribution in [1.82, 2.24) is 0 Å². The van der Waals surface area contributed by atoms with E-state index in [9.17, 15) is 0 Å². The van der Waals surface area contributed by atoms with Crippen LogP contribution in [0.4, 0.5) is 0 Å². The van der Waals surface area contributed by atoms with Gasteiger partial charge in [-0.15, -0.1) is 6.58 Å². The van der Waals surface area contributed by atoms with Gasteiger partial charge in [-0.2, -0.15) is 0 Å². The average Bonchev–Trinajstić information content (AvgIpc) is 2.99. The Morgan fingerprint density at radius 3 is 2.50 bits per heavy atom. The highest BCUT2D eigenvalue weighted by Gasteiger charge is 2.36. The molecule has 0 radical (unpaired) electrons. The molecule has 2 aliphatic rings. The number of epoxide rings is 1. The van der Waals surface area contributed by atoms with E-state index in [2.05, 4.69) is 6.58 Å². The molecule has 2 fully saturated rings. The number of hydrogen-bond donors (Lipinski definition) is 0. The van der Waals surface area contributed by atoms with Gasteiger partial charge in [0.15, 0.2) is 5.79 Å². The van der Waals surface area contributed by atoms with Crippen LogP contribution in [0.15, 0.2) is 12.7 Å². The summed E-state index contributed by atoms with van der Waals surface area (Å²) >= 11 is 0. The zero-order valence-corrected chi connectivity index (χ0v) is 9.95.